The van der Waals surface area contributed by atoms with Crippen LogP contribution in [0.4, 0.5) is 11.4 Å². The molecule has 8 heteroatoms. The molecular weight excluding hydrogens is 410 g/mol. The summed E-state index contributed by atoms with van der Waals surface area (Å²) >= 11 is 12.9. The summed E-state index contributed by atoms with van der Waals surface area (Å²) in [5, 5.41) is 13.4. The third kappa shape index (κ3) is 4.49. The van der Waals surface area contributed by atoms with Crippen molar-refractivity contribution < 1.29 is 0 Å². The summed E-state index contributed by atoms with van der Waals surface area (Å²) in [4.78, 5) is 4.36. The molecule has 0 amide bonds. The highest BCUT2D eigenvalue weighted by atomic mass is 35.5. The molecule has 0 bridgehead atoms. The standard InChI is InChI=1S/C20H18ClN5S2/c21-14-2-4-16-17(6-9-23-18(16)11-14)22-7-1-8-24-20(27)26-15-3-5-19-13(10-15)12-25-28-19/h2-6,9-12H,1,7-8H2,(H,22,23)(H2,24,26,27). The van der Waals surface area contributed by atoms with Crippen molar-refractivity contribution in [2.75, 3.05) is 23.7 Å². The van der Waals surface area contributed by atoms with Crippen molar-refractivity contribution in [3.63, 3.8) is 0 Å². The number of aromatic nitrogens is 2. The van der Waals surface area contributed by atoms with Gasteiger partial charge < -0.3 is 16.0 Å². The Morgan fingerprint density at radius 2 is 2.04 bits per heavy atom. The summed E-state index contributed by atoms with van der Waals surface area (Å²) in [5.41, 5.74) is 2.91. The molecule has 4 rings (SSSR count). The van der Waals surface area contributed by atoms with Gasteiger partial charge in [-0.05, 0) is 72.6 Å². The SMILES string of the molecule is S=C(NCCCNc1ccnc2cc(Cl)ccc12)Nc1ccc2sncc2c1. The molecule has 28 heavy (non-hydrogen) atoms. The quantitative estimate of drug-likeness (QED) is 0.287. The van der Waals surface area contributed by atoms with Gasteiger partial charge in [0.1, 0.15) is 0 Å². The van der Waals surface area contributed by atoms with Gasteiger partial charge in [0.15, 0.2) is 5.11 Å². The predicted octanol–water partition coefficient (Wildman–Crippen LogP) is 5.29. The molecule has 0 atom stereocenters. The molecule has 0 spiro atoms. The average Bonchev–Trinajstić information content (AvgIpc) is 3.15. The van der Waals surface area contributed by atoms with Crippen LogP contribution in [0.15, 0.2) is 54.9 Å². The Morgan fingerprint density at radius 1 is 1.11 bits per heavy atom. The van der Waals surface area contributed by atoms with Crippen LogP contribution in [0.25, 0.3) is 21.0 Å². The fourth-order valence-electron chi connectivity index (χ4n) is 2.91. The van der Waals surface area contributed by atoms with Crippen LogP contribution in [-0.2, 0) is 0 Å². The molecule has 0 aliphatic carbocycles. The third-order valence-electron chi connectivity index (χ3n) is 4.27. The van der Waals surface area contributed by atoms with E-state index in [1.54, 1.807) is 6.20 Å². The lowest BCUT2D eigenvalue weighted by Crippen LogP contribution is -2.30. The second kappa shape index (κ2) is 8.68. The van der Waals surface area contributed by atoms with E-state index in [4.69, 9.17) is 23.8 Å². The number of benzene rings is 2. The molecular formula is C20H18ClN5S2. The molecule has 0 saturated heterocycles. The highest BCUT2D eigenvalue weighted by molar-refractivity contribution is 7.80. The van der Waals surface area contributed by atoms with Crippen molar-refractivity contribution in [2.24, 2.45) is 0 Å². The number of pyridine rings is 1. The van der Waals surface area contributed by atoms with Crippen LogP contribution in [0.3, 0.4) is 0 Å². The monoisotopic (exact) mass is 427 g/mol. The largest absolute Gasteiger partial charge is 0.384 e. The number of nitrogens with zero attached hydrogens (tertiary/aromatic N) is 2. The van der Waals surface area contributed by atoms with E-state index < -0.39 is 0 Å². The first-order valence-corrected chi connectivity index (χ1v) is 10.4. The van der Waals surface area contributed by atoms with Crippen LogP contribution < -0.4 is 16.0 Å². The maximum Gasteiger partial charge on any atom is 0.170 e. The van der Waals surface area contributed by atoms with Gasteiger partial charge >= 0.3 is 0 Å². The maximum atomic E-state index is 6.04. The van der Waals surface area contributed by atoms with Crippen molar-refractivity contribution >= 4 is 72.8 Å². The van der Waals surface area contributed by atoms with Gasteiger partial charge in [0.25, 0.3) is 0 Å². The fourth-order valence-corrected chi connectivity index (χ4v) is 3.93. The lowest BCUT2D eigenvalue weighted by Gasteiger charge is -2.12. The number of fused-ring (bicyclic) bond motifs is 2. The Morgan fingerprint density at radius 3 is 2.96 bits per heavy atom. The highest BCUT2D eigenvalue weighted by Crippen LogP contribution is 2.24. The van der Waals surface area contributed by atoms with Crippen molar-refractivity contribution in [1.82, 2.24) is 14.7 Å². The Bertz CT molecular complexity index is 1130. The van der Waals surface area contributed by atoms with Crippen molar-refractivity contribution in [1.29, 1.82) is 0 Å². The minimum Gasteiger partial charge on any atom is -0.384 e. The van der Waals surface area contributed by atoms with Gasteiger partial charge in [-0.1, -0.05) is 11.6 Å². The molecule has 142 valence electrons. The number of halogens is 1. The zero-order chi connectivity index (χ0) is 19.3. The van der Waals surface area contributed by atoms with E-state index in [1.807, 2.05) is 42.6 Å². The average molecular weight is 428 g/mol. The molecule has 2 aromatic heterocycles. The summed E-state index contributed by atoms with van der Waals surface area (Å²) < 4.78 is 5.36. The van der Waals surface area contributed by atoms with E-state index >= 15 is 0 Å². The molecule has 0 fully saturated rings. The van der Waals surface area contributed by atoms with E-state index in [1.165, 1.54) is 16.2 Å². The molecule has 3 N–H and O–H groups in total. The number of nitrogens with one attached hydrogen (secondary N) is 3. The molecule has 5 nitrogen and oxygen atoms in total. The Hall–Kier alpha value is -2.48. The van der Waals surface area contributed by atoms with E-state index in [0.29, 0.717) is 10.1 Å². The van der Waals surface area contributed by atoms with E-state index in [0.717, 1.165) is 47.2 Å². The Kier molecular flexibility index (Phi) is 5.85. The third-order valence-corrected chi connectivity index (χ3v) is 5.53. The van der Waals surface area contributed by atoms with E-state index in [9.17, 15) is 0 Å². The van der Waals surface area contributed by atoms with Gasteiger partial charge in [-0.2, -0.15) is 4.37 Å². The van der Waals surface area contributed by atoms with E-state index in [-0.39, 0.29) is 0 Å². The van der Waals surface area contributed by atoms with Crippen LogP contribution in [-0.4, -0.2) is 27.6 Å². The van der Waals surface area contributed by atoms with Gasteiger partial charge in [-0.25, -0.2) is 0 Å². The van der Waals surface area contributed by atoms with Gasteiger partial charge in [0.05, 0.1) is 10.2 Å². The Balaban J connectivity index is 1.24. The summed E-state index contributed by atoms with van der Waals surface area (Å²) in [5.74, 6) is 0. The normalized spacial score (nSPS) is 10.9. The number of hydrogen-bond donors (Lipinski definition) is 3. The fraction of sp³-hybridized carbons (Fsp3) is 0.150. The molecule has 0 aliphatic rings. The smallest absolute Gasteiger partial charge is 0.170 e. The minimum absolute atomic E-state index is 0.617. The molecule has 0 radical (unpaired) electrons. The van der Waals surface area contributed by atoms with Crippen LogP contribution in [0.2, 0.25) is 5.02 Å². The lowest BCUT2D eigenvalue weighted by molar-refractivity contribution is 0.809. The second-order valence-corrected chi connectivity index (χ2v) is 7.94. The van der Waals surface area contributed by atoms with Crippen molar-refractivity contribution in [2.45, 2.75) is 6.42 Å². The predicted molar refractivity (Wildman–Crippen MR) is 124 cm³/mol. The van der Waals surface area contributed by atoms with Crippen molar-refractivity contribution in [3.8, 4) is 0 Å². The molecule has 2 aromatic carbocycles. The number of rotatable bonds is 6. The van der Waals surface area contributed by atoms with Gasteiger partial charge in [-0.15, -0.1) is 0 Å². The number of hydrogen-bond acceptors (Lipinski definition) is 5. The van der Waals surface area contributed by atoms with Crippen LogP contribution in [0.1, 0.15) is 6.42 Å². The minimum atomic E-state index is 0.617. The molecule has 2 heterocycles. The first kappa shape index (κ1) is 18.9. The Labute approximate surface area is 177 Å². The summed E-state index contributed by atoms with van der Waals surface area (Å²) in [7, 11) is 0. The first-order valence-electron chi connectivity index (χ1n) is 8.86. The highest BCUT2D eigenvalue weighted by Gasteiger charge is 2.03. The summed E-state index contributed by atoms with van der Waals surface area (Å²) in [6, 6.07) is 13.8. The van der Waals surface area contributed by atoms with Gasteiger partial charge in [0.2, 0.25) is 0 Å². The zero-order valence-corrected chi connectivity index (χ0v) is 17.3. The topological polar surface area (TPSA) is 61.9 Å². The molecule has 4 aromatic rings. The molecule has 0 unspecified atom stereocenters. The number of anilines is 2. The lowest BCUT2D eigenvalue weighted by atomic mass is 10.2. The first-order chi connectivity index (χ1) is 13.7. The van der Waals surface area contributed by atoms with Crippen LogP contribution >= 0.6 is 35.4 Å². The second-order valence-electron chi connectivity index (χ2n) is 6.26. The van der Waals surface area contributed by atoms with E-state index in [2.05, 4.69) is 31.4 Å². The maximum absolute atomic E-state index is 6.04. The van der Waals surface area contributed by atoms with Crippen LogP contribution in [0, 0.1) is 0 Å². The van der Waals surface area contributed by atoms with Gasteiger partial charge in [0, 0.05) is 52.7 Å². The summed E-state index contributed by atoms with van der Waals surface area (Å²) in [6.07, 6.45) is 4.58. The summed E-state index contributed by atoms with van der Waals surface area (Å²) in [6.45, 7) is 1.60. The molecule has 0 aliphatic heterocycles. The number of thiocarbonyl (C=S) groups is 1. The van der Waals surface area contributed by atoms with Crippen molar-refractivity contribution in [3.05, 3.63) is 59.9 Å². The molecule has 0 saturated carbocycles. The van der Waals surface area contributed by atoms with Gasteiger partial charge in [-0.3, -0.25) is 4.98 Å². The van der Waals surface area contributed by atoms with Crippen LogP contribution in [0.5, 0.6) is 0 Å². The zero-order valence-electron chi connectivity index (χ0n) is 14.9.